The molecule has 19 heavy (non-hydrogen) atoms. The largest absolute Gasteiger partial charge is 0.464 e. The first kappa shape index (κ1) is 13.8. The highest BCUT2D eigenvalue weighted by molar-refractivity contribution is 6.34. The molecule has 0 aliphatic heterocycles. The minimum Gasteiger partial charge on any atom is -0.464 e. The van der Waals surface area contributed by atoms with Gasteiger partial charge in [0.05, 0.1) is 17.6 Å². The molecule has 0 radical (unpaired) electrons. The van der Waals surface area contributed by atoms with Gasteiger partial charge < -0.3 is 14.5 Å². The number of hydrogen-bond acceptors (Lipinski definition) is 4. The number of fused-ring (bicyclic) bond motifs is 1. The van der Waals surface area contributed by atoms with E-state index in [1.54, 1.807) is 6.07 Å². The lowest BCUT2D eigenvalue weighted by molar-refractivity contribution is 0.0597. The molecular weight excluding hydrogens is 266 g/mol. The summed E-state index contributed by atoms with van der Waals surface area (Å²) in [7, 11) is 3.24. The molecule has 0 bridgehead atoms. The average molecular weight is 282 g/mol. The van der Waals surface area contributed by atoms with E-state index < -0.39 is 5.97 Å². The molecule has 5 nitrogen and oxygen atoms in total. The van der Waals surface area contributed by atoms with Crippen LogP contribution in [0.1, 0.15) is 22.7 Å². The van der Waals surface area contributed by atoms with E-state index in [4.69, 9.17) is 16.3 Å². The van der Waals surface area contributed by atoms with Crippen LogP contribution in [0.25, 0.3) is 5.52 Å². The van der Waals surface area contributed by atoms with Gasteiger partial charge in [-0.15, -0.1) is 0 Å². The zero-order valence-electron chi connectivity index (χ0n) is 10.9. The second kappa shape index (κ2) is 6.04. The summed E-state index contributed by atoms with van der Waals surface area (Å²) in [6, 6.07) is 3.57. The second-order valence-electron chi connectivity index (χ2n) is 4.15. The molecule has 1 N–H and O–H groups in total. The van der Waals surface area contributed by atoms with Crippen molar-refractivity contribution in [3.05, 3.63) is 34.9 Å². The molecule has 2 aromatic rings. The number of halogens is 1. The van der Waals surface area contributed by atoms with Crippen LogP contribution in [-0.2, 0) is 11.2 Å². The maximum Gasteiger partial charge on any atom is 0.358 e. The molecule has 2 heterocycles. The SMILES string of the molecule is CNCCCc1nc(C(=O)OC)c2c(Cl)cccn12. The van der Waals surface area contributed by atoms with Crippen molar-refractivity contribution < 1.29 is 9.53 Å². The monoisotopic (exact) mass is 281 g/mol. The first-order chi connectivity index (χ1) is 9.19. The van der Waals surface area contributed by atoms with Crippen LogP contribution in [0.2, 0.25) is 5.02 Å². The van der Waals surface area contributed by atoms with Gasteiger partial charge in [0.2, 0.25) is 0 Å². The van der Waals surface area contributed by atoms with Crippen molar-refractivity contribution in [2.45, 2.75) is 12.8 Å². The Balaban J connectivity index is 2.47. The van der Waals surface area contributed by atoms with Gasteiger partial charge in [-0.25, -0.2) is 9.78 Å². The van der Waals surface area contributed by atoms with E-state index in [9.17, 15) is 4.79 Å². The highest BCUT2D eigenvalue weighted by Gasteiger charge is 2.19. The van der Waals surface area contributed by atoms with E-state index in [1.807, 2.05) is 23.7 Å². The highest BCUT2D eigenvalue weighted by atomic mass is 35.5. The summed E-state index contributed by atoms with van der Waals surface area (Å²) in [6.07, 6.45) is 3.55. The molecule has 0 spiro atoms. The fourth-order valence-electron chi connectivity index (χ4n) is 2.00. The third-order valence-electron chi connectivity index (χ3n) is 2.89. The third-order valence-corrected chi connectivity index (χ3v) is 3.20. The average Bonchev–Trinajstić information content (AvgIpc) is 2.79. The fourth-order valence-corrected chi connectivity index (χ4v) is 2.25. The number of aromatic nitrogens is 2. The highest BCUT2D eigenvalue weighted by Crippen LogP contribution is 2.23. The number of pyridine rings is 1. The van der Waals surface area contributed by atoms with Crippen molar-refractivity contribution >= 4 is 23.1 Å². The molecular formula is C13H16ClN3O2. The number of carbonyl (C=O) groups excluding carboxylic acids is 1. The van der Waals surface area contributed by atoms with Gasteiger partial charge >= 0.3 is 5.97 Å². The number of nitrogens with one attached hydrogen (secondary N) is 1. The zero-order valence-corrected chi connectivity index (χ0v) is 11.7. The van der Waals surface area contributed by atoms with Crippen LogP contribution in [0.5, 0.6) is 0 Å². The molecule has 0 aromatic carbocycles. The predicted octanol–water partition coefficient (Wildman–Crippen LogP) is 1.93. The van der Waals surface area contributed by atoms with Crippen LogP contribution in [0.15, 0.2) is 18.3 Å². The molecule has 2 aromatic heterocycles. The number of aryl methyl sites for hydroxylation is 1. The Morgan fingerprint density at radius 3 is 3.05 bits per heavy atom. The van der Waals surface area contributed by atoms with E-state index >= 15 is 0 Å². The number of nitrogens with zero attached hydrogens (tertiary/aromatic N) is 2. The van der Waals surface area contributed by atoms with Crippen molar-refractivity contribution in [1.29, 1.82) is 0 Å². The van der Waals surface area contributed by atoms with E-state index in [2.05, 4.69) is 10.3 Å². The van der Waals surface area contributed by atoms with Crippen LogP contribution in [0.4, 0.5) is 0 Å². The van der Waals surface area contributed by atoms with Crippen molar-refractivity contribution in [2.24, 2.45) is 0 Å². The summed E-state index contributed by atoms with van der Waals surface area (Å²) in [5.74, 6) is 0.346. The quantitative estimate of drug-likeness (QED) is 0.672. The van der Waals surface area contributed by atoms with E-state index in [0.717, 1.165) is 25.2 Å². The molecule has 0 aliphatic rings. The smallest absolute Gasteiger partial charge is 0.358 e. The lowest BCUT2D eigenvalue weighted by atomic mass is 10.3. The molecule has 0 fully saturated rings. The maximum atomic E-state index is 11.8. The minimum atomic E-state index is -0.467. The van der Waals surface area contributed by atoms with Crippen LogP contribution < -0.4 is 5.32 Å². The van der Waals surface area contributed by atoms with Gasteiger partial charge in [-0.3, -0.25) is 0 Å². The van der Waals surface area contributed by atoms with E-state index in [-0.39, 0.29) is 5.69 Å². The number of hydrogen-bond donors (Lipinski definition) is 1. The van der Waals surface area contributed by atoms with Crippen LogP contribution >= 0.6 is 11.6 Å². The lowest BCUT2D eigenvalue weighted by Gasteiger charge is -2.02. The van der Waals surface area contributed by atoms with E-state index in [1.165, 1.54) is 7.11 Å². The molecule has 102 valence electrons. The van der Waals surface area contributed by atoms with Gasteiger partial charge in [0.1, 0.15) is 5.82 Å². The Bertz CT molecular complexity index is 595. The normalized spacial score (nSPS) is 10.9. The van der Waals surface area contributed by atoms with Crippen molar-refractivity contribution in [3.8, 4) is 0 Å². The number of methoxy groups -OCH3 is 1. The topological polar surface area (TPSA) is 55.6 Å². The third kappa shape index (κ3) is 2.72. The molecule has 2 rings (SSSR count). The Labute approximate surface area is 116 Å². The lowest BCUT2D eigenvalue weighted by Crippen LogP contribution is -2.09. The molecule has 0 atom stereocenters. The number of imidazole rings is 1. The Kier molecular flexibility index (Phi) is 4.39. The number of ether oxygens (including phenoxy) is 1. The van der Waals surface area contributed by atoms with Crippen LogP contribution in [-0.4, -0.2) is 36.1 Å². The Hall–Kier alpha value is -1.59. The fraction of sp³-hybridized carbons (Fsp3) is 0.385. The molecule has 0 aliphatic carbocycles. The van der Waals surface area contributed by atoms with Gasteiger partial charge in [-0.2, -0.15) is 0 Å². The number of esters is 1. The van der Waals surface area contributed by atoms with Gasteiger partial charge in [0, 0.05) is 12.6 Å². The van der Waals surface area contributed by atoms with Gasteiger partial charge in [0.25, 0.3) is 0 Å². The summed E-state index contributed by atoms with van der Waals surface area (Å²) in [5.41, 5.74) is 0.878. The van der Waals surface area contributed by atoms with Gasteiger partial charge in [-0.05, 0) is 32.1 Å². The molecule has 6 heteroatoms. The molecule has 0 saturated carbocycles. The van der Waals surface area contributed by atoms with Crippen molar-refractivity contribution in [2.75, 3.05) is 20.7 Å². The first-order valence-corrected chi connectivity index (χ1v) is 6.45. The number of rotatable bonds is 5. The van der Waals surface area contributed by atoms with E-state index in [0.29, 0.717) is 10.5 Å². The predicted molar refractivity (Wildman–Crippen MR) is 73.8 cm³/mol. The van der Waals surface area contributed by atoms with Crippen molar-refractivity contribution in [1.82, 2.24) is 14.7 Å². The summed E-state index contributed by atoms with van der Waals surface area (Å²) in [5, 5.41) is 3.58. The van der Waals surface area contributed by atoms with Crippen molar-refractivity contribution in [3.63, 3.8) is 0 Å². The zero-order chi connectivity index (χ0) is 13.8. The van der Waals surface area contributed by atoms with Gasteiger partial charge in [0.15, 0.2) is 5.69 Å². The summed E-state index contributed by atoms with van der Waals surface area (Å²) in [6.45, 7) is 0.892. The maximum absolute atomic E-state index is 11.8. The van der Waals surface area contributed by atoms with Gasteiger partial charge in [-0.1, -0.05) is 11.6 Å². The molecule has 0 unspecified atom stereocenters. The summed E-state index contributed by atoms with van der Waals surface area (Å²) < 4.78 is 6.60. The molecule has 0 amide bonds. The van der Waals surface area contributed by atoms with Crippen LogP contribution in [0.3, 0.4) is 0 Å². The Morgan fingerprint density at radius 2 is 2.37 bits per heavy atom. The first-order valence-electron chi connectivity index (χ1n) is 6.07. The summed E-state index contributed by atoms with van der Waals surface area (Å²) >= 11 is 6.16. The summed E-state index contributed by atoms with van der Waals surface area (Å²) in [4.78, 5) is 16.1. The molecule has 0 saturated heterocycles. The minimum absolute atomic E-state index is 0.271. The standard InChI is InChI=1S/C13H16ClN3O2/c1-15-7-3-6-10-16-11(13(18)19-2)12-9(14)5-4-8-17(10)12/h4-5,8,15H,3,6-7H2,1-2H3. The van der Waals surface area contributed by atoms with Crippen LogP contribution in [0, 0.1) is 0 Å². The Morgan fingerprint density at radius 1 is 1.58 bits per heavy atom. The number of carbonyl (C=O) groups is 1. The second-order valence-corrected chi connectivity index (χ2v) is 4.56.